The summed E-state index contributed by atoms with van der Waals surface area (Å²) < 4.78 is 41.6. The van der Waals surface area contributed by atoms with Gasteiger partial charge in [-0.05, 0) is 44.1 Å². The van der Waals surface area contributed by atoms with Crippen molar-refractivity contribution >= 4 is 16.4 Å². The van der Waals surface area contributed by atoms with Crippen LogP contribution in [0.4, 0.5) is 4.79 Å². The lowest BCUT2D eigenvalue weighted by atomic mass is 9.84. The third kappa shape index (κ3) is 2.93. The van der Waals surface area contributed by atoms with Crippen LogP contribution in [0.25, 0.3) is 0 Å². The van der Waals surface area contributed by atoms with Gasteiger partial charge >= 0.3 is 16.4 Å². The molecule has 3 atom stereocenters. The number of nitrogens with one attached hydrogen (secondary N) is 1. The molecule has 1 aliphatic carbocycles. The Morgan fingerprint density at radius 1 is 1.41 bits per heavy atom. The van der Waals surface area contributed by atoms with Gasteiger partial charge in [0.2, 0.25) is 0 Å². The number of hydroxylamine groups is 2. The third-order valence-corrected chi connectivity index (χ3v) is 6.77. The second-order valence-electron chi connectivity index (χ2n) is 8.06. The topological polar surface area (TPSA) is 125 Å². The van der Waals surface area contributed by atoms with Gasteiger partial charge in [-0.25, -0.2) is 4.79 Å². The predicted octanol–water partition coefficient (Wildman–Crippen LogP) is 1.21. The average Bonchev–Trinajstić information content (AvgIpc) is 3.12. The van der Waals surface area contributed by atoms with Crippen LogP contribution in [0, 0.1) is 5.41 Å². The van der Waals surface area contributed by atoms with Gasteiger partial charge in [-0.1, -0.05) is 5.16 Å². The summed E-state index contributed by atoms with van der Waals surface area (Å²) in [5, 5.41) is 8.41. The van der Waals surface area contributed by atoms with Crippen LogP contribution in [0.2, 0.25) is 0 Å². The van der Waals surface area contributed by atoms with Crippen molar-refractivity contribution in [3.8, 4) is 0 Å². The molecule has 0 aromatic carbocycles. The van der Waals surface area contributed by atoms with Crippen molar-refractivity contribution in [2.75, 3.05) is 19.6 Å². The summed E-state index contributed by atoms with van der Waals surface area (Å²) in [5.74, 6) is 1.10. The Morgan fingerprint density at radius 3 is 2.89 bits per heavy atom. The first-order valence-corrected chi connectivity index (χ1v) is 10.7. The molecule has 5 rings (SSSR count). The van der Waals surface area contributed by atoms with E-state index in [0.29, 0.717) is 18.7 Å². The molecule has 4 aliphatic rings. The van der Waals surface area contributed by atoms with Crippen LogP contribution in [-0.2, 0) is 14.7 Å². The number of urea groups is 1. The zero-order valence-corrected chi connectivity index (χ0v) is 15.5. The van der Waals surface area contributed by atoms with E-state index in [1.54, 1.807) is 4.90 Å². The molecule has 3 aliphatic heterocycles. The molecule has 10 nitrogen and oxygen atoms in total. The Hall–Kier alpha value is -1.69. The smallest absolute Gasteiger partial charge is 0.361 e. The van der Waals surface area contributed by atoms with E-state index in [2.05, 4.69) is 14.8 Å². The summed E-state index contributed by atoms with van der Waals surface area (Å²) >= 11 is 0. The molecule has 2 amide bonds. The second-order valence-corrected chi connectivity index (χ2v) is 9.06. The largest absolute Gasteiger partial charge is 0.418 e. The molecule has 4 fully saturated rings. The minimum absolute atomic E-state index is 0.191. The fourth-order valence-electron chi connectivity index (χ4n) is 4.83. The highest BCUT2D eigenvalue weighted by atomic mass is 32.3. The molecule has 1 aromatic heterocycles. The minimum atomic E-state index is -4.76. The first kappa shape index (κ1) is 17.4. The highest BCUT2D eigenvalue weighted by Crippen LogP contribution is 2.61. The van der Waals surface area contributed by atoms with Gasteiger partial charge in [-0.15, -0.1) is 4.28 Å². The van der Waals surface area contributed by atoms with E-state index in [1.165, 1.54) is 0 Å². The van der Waals surface area contributed by atoms with Gasteiger partial charge in [0.15, 0.2) is 0 Å². The molecular formula is C16H22N4O6S. The molecular weight excluding hydrogens is 376 g/mol. The highest BCUT2D eigenvalue weighted by Gasteiger charge is 2.64. The Kier molecular flexibility index (Phi) is 3.81. The van der Waals surface area contributed by atoms with Crippen molar-refractivity contribution < 1.29 is 26.6 Å². The number of amides is 2. The van der Waals surface area contributed by atoms with Crippen LogP contribution < -0.4 is 5.32 Å². The monoisotopic (exact) mass is 398 g/mol. The van der Waals surface area contributed by atoms with Crippen LogP contribution in [-0.4, -0.2) is 59.8 Å². The molecule has 4 heterocycles. The quantitative estimate of drug-likeness (QED) is 0.725. The van der Waals surface area contributed by atoms with E-state index in [9.17, 15) is 13.2 Å². The highest BCUT2D eigenvalue weighted by molar-refractivity contribution is 7.80. The van der Waals surface area contributed by atoms with Gasteiger partial charge in [0.1, 0.15) is 11.5 Å². The van der Waals surface area contributed by atoms with E-state index in [0.717, 1.165) is 49.6 Å². The first-order valence-electron chi connectivity index (χ1n) is 9.30. The van der Waals surface area contributed by atoms with Crippen LogP contribution in [0.5, 0.6) is 0 Å². The Bertz CT molecular complexity index is 860. The number of piperidine rings is 2. The van der Waals surface area contributed by atoms with E-state index in [-0.39, 0.29) is 23.4 Å². The molecule has 1 saturated carbocycles. The third-order valence-electron chi connectivity index (χ3n) is 6.42. The zero-order chi connectivity index (χ0) is 18.8. The van der Waals surface area contributed by atoms with E-state index >= 15 is 0 Å². The maximum absolute atomic E-state index is 12.8. The number of fused-ring (bicyclic) bond motifs is 3. The minimum Gasteiger partial charge on any atom is -0.361 e. The molecule has 3 saturated heterocycles. The van der Waals surface area contributed by atoms with E-state index < -0.39 is 16.4 Å². The van der Waals surface area contributed by atoms with E-state index in [4.69, 9.17) is 9.08 Å². The van der Waals surface area contributed by atoms with Gasteiger partial charge in [0.05, 0.1) is 12.1 Å². The molecule has 0 radical (unpaired) electrons. The van der Waals surface area contributed by atoms with Crippen LogP contribution in [0.1, 0.15) is 55.5 Å². The van der Waals surface area contributed by atoms with Crippen LogP contribution in [0.3, 0.4) is 0 Å². The van der Waals surface area contributed by atoms with Gasteiger partial charge in [0.25, 0.3) is 0 Å². The van der Waals surface area contributed by atoms with Crippen molar-refractivity contribution in [1.29, 1.82) is 0 Å². The lowest BCUT2D eigenvalue weighted by Gasteiger charge is -2.35. The maximum Gasteiger partial charge on any atom is 0.418 e. The molecule has 2 bridgehead atoms. The fraction of sp³-hybridized carbons (Fsp3) is 0.750. The number of hydrogen-bond acceptors (Lipinski definition) is 7. The van der Waals surface area contributed by atoms with Crippen LogP contribution in [0.15, 0.2) is 10.6 Å². The summed E-state index contributed by atoms with van der Waals surface area (Å²) in [6, 6.07) is 0.714. The van der Waals surface area contributed by atoms with Gasteiger partial charge in [-0.3, -0.25) is 4.55 Å². The Balaban J connectivity index is 1.42. The molecule has 148 valence electrons. The van der Waals surface area contributed by atoms with Crippen molar-refractivity contribution in [1.82, 2.24) is 20.4 Å². The van der Waals surface area contributed by atoms with Gasteiger partial charge in [0, 0.05) is 25.1 Å². The molecule has 1 unspecified atom stereocenters. The van der Waals surface area contributed by atoms with Gasteiger partial charge < -0.3 is 14.7 Å². The molecule has 1 spiro atoms. The number of rotatable bonds is 4. The summed E-state index contributed by atoms with van der Waals surface area (Å²) in [7, 11) is -4.76. The number of hydrogen-bond donors (Lipinski definition) is 2. The zero-order valence-electron chi connectivity index (χ0n) is 14.7. The van der Waals surface area contributed by atoms with Crippen molar-refractivity contribution in [2.24, 2.45) is 5.41 Å². The second kappa shape index (κ2) is 5.90. The summed E-state index contributed by atoms with van der Waals surface area (Å²) in [5.41, 5.74) is 0.506. The van der Waals surface area contributed by atoms with Crippen molar-refractivity contribution in [2.45, 2.75) is 50.1 Å². The SMILES string of the molecule is O=C1N2C[C@H](N1OS(=O)(=O)O)C1(CC1)C[C@H]2c1cc(C2CCCNC2)on1. The molecule has 2 N–H and O–H groups in total. The summed E-state index contributed by atoms with van der Waals surface area (Å²) in [4.78, 5) is 14.3. The summed E-state index contributed by atoms with van der Waals surface area (Å²) in [6.45, 7) is 2.21. The number of aromatic nitrogens is 1. The first-order chi connectivity index (χ1) is 12.9. The standard InChI is InChI=1S/C16H22N4O6S/c21-15-19-9-14(20(15)26-27(22,23)24)16(3-4-16)7-12(19)11-6-13(25-18-11)10-2-1-5-17-8-10/h6,10,12,14,17H,1-5,7-9H2,(H,22,23,24)/t10?,12-,14-/m0/s1. The molecule has 1 aromatic rings. The Morgan fingerprint density at radius 2 is 2.22 bits per heavy atom. The number of nitrogens with zero attached hydrogens (tertiary/aromatic N) is 3. The lowest BCUT2D eigenvalue weighted by molar-refractivity contribution is -0.0527. The lowest BCUT2D eigenvalue weighted by Crippen LogP contribution is -2.43. The molecule has 27 heavy (non-hydrogen) atoms. The maximum atomic E-state index is 12.8. The number of carbonyl (C=O) groups is 1. The van der Waals surface area contributed by atoms with E-state index in [1.807, 2.05) is 6.07 Å². The Labute approximate surface area is 156 Å². The predicted molar refractivity (Wildman–Crippen MR) is 90.7 cm³/mol. The number of carbonyl (C=O) groups excluding carboxylic acids is 1. The van der Waals surface area contributed by atoms with Crippen molar-refractivity contribution in [3.05, 3.63) is 17.5 Å². The summed E-state index contributed by atoms with van der Waals surface area (Å²) in [6.07, 6.45) is 4.58. The molecule has 11 heteroatoms. The fourth-order valence-corrected chi connectivity index (χ4v) is 5.20. The van der Waals surface area contributed by atoms with Crippen molar-refractivity contribution in [3.63, 3.8) is 0 Å². The van der Waals surface area contributed by atoms with Crippen LogP contribution >= 0.6 is 0 Å². The normalized spacial score (nSPS) is 32.3. The van der Waals surface area contributed by atoms with Gasteiger partial charge in [-0.2, -0.15) is 13.5 Å². The average molecular weight is 398 g/mol.